The maximum absolute atomic E-state index is 12.7. The van der Waals surface area contributed by atoms with Crippen molar-refractivity contribution in [2.75, 3.05) is 6.54 Å². The Hall–Kier alpha value is -3.29. The van der Waals surface area contributed by atoms with Crippen LogP contribution in [0.15, 0.2) is 48.9 Å². The first-order chi connectivity index (χ1) is 15.0. The predicted molar refractivity (Wildman–Crippen MR) is 121 cm³/mol. The number of amides is 1. The second-order valence-electron chi connectivity index (χ2n) is 7.35. The number of halogens is 1. The SMILES string of the molecule is Cc1cc(Cl)ccc1-c1c(CN)c(C)nc2nc(C(=O)NCCc3cccnc3)cn12. The standard InChI is InChI=1S/C23H23ClN6O/c1-14-10-17(24)5-6-18(14)21-19(11-25)15(2)28-23-29-20(13-30(21)23)22(31)27-9-7-16-4-3-8-26-12-16/h3-6,8,10,12-13H,7,9,11,25H2,1-2H3,(H,27,31). The summed E-state index contributed by atoms with van der Waals surface area (Å²) in [6.45, 7) is 4.70. The van der Waals surface area contributed by atoms with Crippen molar-refractivity contribution in [3.63, 3.8) is 0 Å². The lowest BCUT2D eigenvalue weighted by Gasteiger charge is -2.15. The molecule has 0 radical (unpaired) electrons. The molecule has 7 nitrogen and oxygen atoms in total. The average molecular weight is 435 g/mol. The quantitative estimate of drug-likeness (QED) is 0.484. The molecule has 8 heteroatoms. The highest BCUT2D eigenvalue weighted by Crippen LogP contribution is 2.30. The summed E-state index contributed by atoms with van der Waals surface area (Å²) in [5.74, 6) is 0.205. The summed E-state index contributed by atoms with van der Waals surface area (Å²) in [4.78, 5) is 25.9. The van der Waals surface area contributed by atoms with Crippen molar-refractivity contribution in [1.29, 1.82) is 0 Å². The Labute approximate surface area is 185 Å². The molecule has 4 aromatic rings. The monoisotopic (exact) mass is 434 g/mol. The molecule has 3 N–H and O–H groups in total. The molecule has 0 atom stereocenters. The van der Waals surface area contributed by atoms with Crippen LogP contribution in [-0.2, 0) is 13.0 Å². The molecule has 0 unspecified atom stereocenters. The Morgan fingerprint density at radius 2 is 2.06 bits per heavy atom. The fourth-order valence-electron chi connectivity index (χ4n) is 3.64. The molecule has 3 aromatic heterocycles. The number of benzene rings is 1. The van der Waals surface area contributed by atoms with Crippen molar-refractivity contribution in [3.05, 3.63) is 82.0 Å². The van der Waals surface area contributed by atoms with Crippen molar-refractivity contribution < 1.29 is 4.79 Å². The molecule has 0 fully saturated rings. The van der Waals surface area contributed by atoms with Crippen LogP contribution in [0, 0.1) is 13.8 Å². The van der Waals surface area contributed by atoms with Crippen LogP contribution in [-0.4, -0.2) is 31.8 Å². The molecular weight excluding hydrogens is 412 g/mol. The topological polar surface area (TPSA) is 98.2 Å². The molecule has 1 amide bonds. The molecule has 3 heterocycles. The largest absolute Gasteiger partial charge is 0.350 e. The molecule has 0 spiro atoms. The summed E-state index contributed by atoms with van der Waals surface area (Å²) in [5.41, 5.74) is 12.0. The van der Waals surface area contributed by atoms with Crippen LogP contribution in [0.1, 0.15) is 32.9 Å². The molecule has 0 saturated carbocycles. The first-order valence-corrected chi connectivity index (χ1v) is 10.4. The number of imidazole rings is 1. The molecule has 1 aromatic carbocycles. The summed E-state index contributed by atoms with van der Waals surface area (Å²) < 4.78 is 1.83. The van der Waals surface area contributed by atoms with E-state index in [1.165, 1.54) is 0 Å². The molecular formula is C23H23ClN6O. The summed E-state index contributed by atoms with van der Waals surface area (Å²) in [5, 5.41) is 3.58. The number of aromatic nitrogens is 4. The molecule has 31 heavy (non-hydrogen) atoms. The van der Waals surface area contributed by atoms with Gasteiger partial charge in [-0.2, -0.15) is 0 Å². The molecule has 0 bridgehead atoms. The number of carbonyl (C=O) groups excluding carboxylic acids is 1. The second kappa shape index (κ2) is 8.83. The third-order valence-electron chi connectivity index (χ3n) is 5.22. The van der Waals surface area contributed by atoms with Crippen LogP contribution >= 0.6 is 11.6 Å². The number of hydrogen-bond acceptors (Lipinski definition) is 5. The van der Waals surface area contributed by atoms with Crippen LogP contribution in [0.3, 0.4) is 0 Å². The van der Waals surface area contributed by atoms with Gasteiger partial charge in [-0.25, -0.2) is 9.97 Å². The summed E-state index contributed by atoms with van der Waals surface area (Å²) in [7, 11) is 0. The maximum Gasteiger partial charge on any atom is 0.271 e. The van der Waals surface area contributed by atoms with E-state index in [0.29, 0.717) is 36.0 Å². The fraction of sp³-hybridized carbons (Fsp3) is 0.217. The van der Waals surface area contributed by atoms with Gasteiger partial charge < -0.3 is 11.1 Å². The fourth-order valence-corrected chi connectivity index (χ4v) is 3.87. The van der Waals surface area contributed by atoms with Gasteiger partial charge in [-0.1, -0.05) is 23.7 Å². The van der Waals surface area contributed by atoms with Gasteiger partial charge in [-0.05, 0) is 49.6 Å². The minimum Gasteiger partial charge on any atom is -0.350 e. The minimum atomic E-state index is -0.250. The van der Waals surface area contributed by atoms with Gasteiger partial charge in [0.25, 0.3) is 5.91 Å². The van der Waals surface area contributed by atoms with Gasteiger partial charge in [0, 0.05) is 53.5 Å². The van der Waals surface area contributed by atoms with Crippen molar-refractivity contribution in [2.24, 2.45) is 5.73 Å². The zero-order chi connectivity index (χ0) is 22.0. The van der Waals surface area contributed by atoms with Crippen LogP contribution < -0.4 is 11.1 Å². The molecule has 0 aliphatic rings. The Morgan fingerprint density at radius 1 is 1.23 bits per heavy atom. The number of fused-ring (bicyclic) bond motifs is 1. The number of nitrogens with two attached hydrogens (primary N) is 1. The third kappa shape index (κ3) is 4.28. The highest BCUT2D eigenvalue weighted by molar-refractivity contribution is 6.30. The van der Waals surface area contributed by atoms with Crippen LogP contribution in [0.2, 0.25) is 5.02 Å². The van der Waals surface area contributed by atoms with E-state index in [1.807, 2.05) is 48.6 Å². The third-order valence-corrected chi connectivity index (χ3v) is 5.46. The second-order valence-corrected chi connectivity index (χ2v) is 7.79. The van der Waals surface area contributed by atoms with Crippen molar-refractivity contribution in [2.45, 2.75) is 26.8 Å². The van der Waals surface area contributed by atoms with Gasteiger partial charge in [-0.15, -0.1) is 0 Å². The van der Waals surface area contributed by atoms with Gasteiger partial charge in [0.15, 0.2) is 0 Å². The normalized spacial score (nSPS) is 11.1. The lowest BCUT2D eigenvalue weighted by Crippen LogP contribution is -2.26. The van der Waals surface area contributed by atoms with E-state index in [4.69, 9.17) is 17.3 Å². The first kappa shape index (κ1) is 21.0. The molecule has 4 rings (SSSR count). The first-order valence-electron chi connectivity index (χ1n) is 10.00. The van der Waals surface area contributed by atoms with E-state index in [-0.39, 0.29) is 5.91 Å². The zero-order valence-electron chi connectivity index (χ0n) is 17.4. The van der Waals surface area contributed by atoms with E-state index < -0.39 is 0 Å². The van der Waals surface area contributed by atoms with Crippen LogP contribution in [0.4, 0.5) is 0 Å². The summed E-state index contributed by atoms with van der Waals surface area (Å²) in [6, 6.07) is 9.56. The van der Waals surface area contributed by atoms with E-state index in [9.17, 15) is 4.79 Å². The van der Waals surface area contributed by atoms with Crippen molar-refractivity contribution in [3.8, 4) is 11.3 Å². The van der Waals surface area contributed by atoms with Gasteiger partial charge in [0.05, 0.1) is 5.69 Å². The lowest BCUT2D eigenvalue weighted by molar-refractivity contribution is 0.0949. The van der Waals surface area contributed by atoms with Gasteiger partial charge in [0.2, 0.25) is 5.78 Å². The molecule has 0 saturated heterocycles. The Balaban J connectivity index is 1.69. The van der Waals surface area contributed by atoms with E-state index in [2.05, 4.69) is 20.3 Å². The number of aryl methyl sites for hydroxylation is 2. The van der Waals surface area contributed by atoms with Crippen molar-refractivity contribution in [1.82, 2.24) is 24.7 Å². The minimum absolute atomic E-state index is 0.250. The predicted octanol–water partition coefficient (Wildman–Crippen LogP) is 3.49. The average Bonchev–Trinajstić information content (AvgIpc) is 3.17. The lowest BCUT2D eigenvalue weighted by atomic mass is 10.00. The Morgan fingerprint density at radius 3 is 2.77 bits per heavy atom. The number of hydrogen-bond donors (Lipinski definition) is 2. The Kier molecular flexibility index (Phi) is 5.97. The number of nitrogens with zero attached hydrogens (tertiary/aromatic N) is 4. The van der Waals surface area contributed by atoms with E-state index in [0.717, 1.165) is 33.6 Å². The molecule has 0 aliphatic heterocycles. The Bertz CT molecular complexity index is 1250. The number of rotatable bonds is 6. The van der Waals surface area contributed by atoms with E-state index >= 15 is 0 Å². The maximum atomic E-state index is 12.7. The number of pyridine rings is 1. The zero-order valence-corrected chi connectivity index (χ0v) is 18.1. The smallest absolute Gasteiger partial charge is 0.271 e. The molecule has 0 aliphatic carbocycles. The highest BCUT2D eigenvalue weighted by Gasteiger charge is 2.19. The number of carbonyl (C=O) groups is 1. The van der Waals surface area contributed by atoms with Gasteiger partial charge in [0.1, 0.15) is 5.69 Å². The van der Waals surface area contributed by atoms with Crippen LogP contribution in [0.5, 0.6) is 0 Å². The summed E-state index contributed by atoms with van der Waals surface area (Å²) in [6.07, 6.45) is 5.92. The number of nitrogens with one attached hydrogen (secondary N) is 1. The van der Waals surface area contributed by atoms with Gasteiger partial charge in [-0.3, -0.25) is 14.2 Å². The summed E-state index contributed by atoms with van der Waals surface area (Å²) >= 11 is 6.15. The van der Waals surface area contributed by atoms with Crippen molar-refractivity contribution >= 4 is 23.3 Å². The van der Waals surface area contributed by atoms with Crippen LogP contribution in [0.25, 0.3) is 17.0 Å². The molecule has 158 valence electrons. The van der Waals surface area contributed by atoms with E-state index in [1.54, 1.807) is 18.6 Å². The van der Waals surface area contributed by atoms with Gasteiger partial charge >= 0.3 is 0 Å². The highest BCUT2D eigenvalue weighted by atomic mass is 35.5.